The fourth-order valence-electron chi connectivity index (χ4n) is 2.60. The van der Waals surface area contributed by atoms with E-state index in [2.05, 4.69) is 4.37 Å². The summed E-state index contributed by atoms with van der Waals surface area (Å²) in [7, 11) is 1.64. The number of amides is 1. The summed E-state index contributed by atoms with van der Waals surface area (Å²) < 4.78 is 16.1. The van der Waals surface area contributed by atoms with E-state index in [1.807, 2.05) is 30.0 Å². The molecule has 3 rings (SSSR count). The van der Waals surface area contributed by atoms with Crippen LogP contribution in [0.5, 0.6) is 0 Å². The zero-order valence-electron chi connectivity index (χ0n) is 12.2. The molecular formula is C15H18N2O3S. The maximum atomic E-state index is 12.8. The lowest BCUT2D eigenvalue weighted by Gasteiger charge is -2.34. The van der Waals surface area contributed by atoms with Crippen LogP contribution in [0.25, 0.3) is 10.1 Å². The van der Waals surface area contributed by atoms with Gasteiger partial charge in [0, 0.05) is 19.0 Å². The Kier molecular flexibility index (Phi) is 4.19. The van der Waals surface area contributed by atoms with E-state index in [1.54, 1.807) is 7.11 Å². The van der Waals surface area contributed by atoms with Crippen molar-refractivity contribution in [1.29, 1.82) is 0 Å². The van der Waals surface area contributed by atoms with Crippen LogP contribution in [-0.2, 0) is 9.47 Å². The van der Waals surface area contributed by atoms with E-state index in [0.717, 1.165) is 15.6 Å². The number of nitrogens with zero attached hydrogens (tertiary/aromatic N) is 2. The van der Waals surface area contributed by atoms with Gasteiger partial charge in [-0.1, -0.05) is 11.6 Å². The third kappa shape index (κ3) is 2.79. The van der Waals surface area contributed by atoms with Crippen molar-refractivity contribution in [3.63, 3.8) is 0 Å². The lowest BCUT2D eigenvalue weighted by molar-refractivity contribution is -0.0252. The van der Waals surface area contributed by atoms with Crippen molar-refractivity contribution in [1.82, 2.24) is 9.27 Å². The Hall–Kier alpha value is -1.50. The summed E-state index contributed by atoms with van der Waals surface area (Å²) in [6.45, 7) is 4.16. The molecule has 6 heteroatoms. The minimum Gasteiger partial charge on any atom is -0.382 e. The van der Waals surface area contributed by atoms with Crippen LogP contribution in [0.1, 0.15) is 16.1 Å². The van der Waals surface area contributed by atoms with E-state index in [1.165, 1.54) is 11.5 Å². The normalized spacial score (nSPS) is 19.1. The second-order valence-electron chi connectivity index (χ2n) is 5.21. The third-order valence-electron chi connectivity index (χ3n) is 3.68. The van der Waals surface area contributed by atoms with E-state index in [0.29, 0.717) is 32.1 Å². The van der Waals surface area contributed by atoms with Crippen molar-refractivity contribution in [3.05, 3.63) is 29.5 Å². The number of ether oxygens (including phenoxy) is 2. The highest BCUT2D eigenvalue weighted by Gasteiger charge is 2.30. The average Bonchev–Trinajstić information content (AvgIpc) is 2.90. The lowest BCUT2D eigenvalue weighted by atomic mass is 10.1. The molecule has 112 valence electrons. The Bertz CT molecular complexity index is 653. The maximum absolute atomic E-state index is 12.8. The molecule has 0 spiro atoms. The van der Waals surface area contributed by atoms with Crippen molar-refractivity contribution < 1.29 is 14.3 Å². The van der Waals surface area contributed by atoms with Gasteiger partial charge in [-0.25, -0.2) is 0 Å². The number of aromatic nitrogens is 1. The molecule has 1 aromatic carbocycles. The van der Waals surface area contributed by atoms with E-state index in [9.17, 15) is 4.79 Å². The summed E-state index contributed by atoms with van der Waals surface area (Å²) in [5.41, 5.74) is 1.67. The van der Waals surface area contributed by atoms with Crippen molar-refractivity contribution in [2.45, 2.75) is 13.0 Å². The van der Waals surface area contributed by atoms with Gasteiger partial charge >= 0.3 is 0 Å². The van der Waals surface area contributed by atoms with E-state index in [4.69, 9.17) is 9.47 Å². The van der Waals surface area contributed by atoms with Crippen LogP contribution in [0.4, 0.5) is 0 Å². The van der Waals surface area contributed by atoms with Crippen molar-refractivity contribution in [3.8, 4) is 0 Å². The fourth-order valence-corrected chi connectivity index (χ4v) is 3.34. The summed E-state index contributed by atoms with van der Waals surface area (Å²) >= 11 is 1.37. The summed E-state index contributed by atoms with van der Waals surface area (Å²) in [5.74, 6) is -0.0304. The molecule has 1 saturated heterocycles. The number of hydrogen-bond acceptors (Lipinski definition) is 5. The molecule has 1 fully saturated rings. The second kappa shape index (κ2) is 6.09. The van der Waals surface area contributed by atoms with Gasteiger partial charge in [-0.2, -0.15) is 4.37 Å². The molecule has 0 radical (unpaired) electrons. The smallest absolute Gasteiger partial charge is 0.274 e. The number of benzene rings is 1. The number of aryl methyl sites for hydroxylation is 1. The largest absolute Gasteiger partial charge is 0.382 e. The van der Waals surface area contributed by atoms with Crippen LogP contribution >= 0.6 is 11.5 Å². The number of morpholine rings is 1. The lowest BCUT2D eigenvalue weighted by Crippen LogP contribution is -2.50. The molecule has 0 bridgehead atoms. The Balaban J connectivity index is 1.93. The standard InChI is InChI=1S/C15H18N2O3S/c1-10-3-4-13-12(7-10)14(16-21-13)15(18)17-5-6-20-9-11(17)8-19-2/h3-4,7,11H,5-6,8-9H2,1-2H3. The van der Waals surface area contributed by atoms with E-state index in [-0.39, 0.29) is 11.9 Å². The van der Waals surface area contributed by atoms with Crippen molar-refractivity contribution >= 4 is 27.5 Å². The molecule has 1 amide bonds. The quantitative estimate of drug-likeness (QED) is 0.871. The molecule has 1 aliphatic rings. The Morgan fingerprint density at radius 1 is 1.57 bits per heavy atom. The van der Waals surface area contributed by atoms with Crippen LogP contribution < -0.4 is 0 Å². The summed E-state index contributed by atoms with van der Waals surface area (Å²) in [6, 6.07) is 6.04. The van der Waals surface area contributed by atoms with Crippen LogP contribution in [-0.4, -0.2) is 54.7 Å². The minimum absolute atomic E-state index is 0.0304. The summed E-state index contributed by atoms with van der Waals surface area (Å²) in [4.78, 5) is 14.7. The number of rotatable bonds is 3. The van der Waals surface area contributed by atoms with Crippen LogP contribution in [0, 0.1) is 6.92 Å². The van der Waals surface area contributed by atoms with Gasteiger partial charge in [-0.15, -0.1) is 0 Å². The molecule has 2 heterocycles. The zero-order valence-corrected chi connectivity index (χ0v) is 13.0. The predicted octanol–water partition coefficient (Wildman–Crippen LogP) is 2.09. The van der Waals surface area contributed by atoms with Gasteiger partial charge in [0.1, 0.15) is 5.69 Å². The molecule has 1 aliphatic heterocycles. The van der Waals surface area contributed by atoms with Gasteiger partial charge in [0.05, 0.1) is 30.6 Å². The summed E-state index contributed by atoms with van der Waals surface area (Å²) in [5, 5.41) is 0.938. The molecule has 5 nitrogen and oxygen atoms in total. The van der Waals surface area contributed by atoms with E-state index >= 15 is 0 Å². The van der Waals surface area contributed by atoms with Crippen LogP contribution in [0.15, 0.2) is 18.2 Å². The van der Waals surface area contributed by atoms with Gasteiger partial charge in [0.2, 0.25) is 0 Å². The monoisotopic (exact) mass is 306 g/mol. The van der Waals surface area contributed by atoms with Crippen LogP contribution in [0.2, 0.25) is 0 Å². The molecule has 1 atom stereocenters. The number of hydrogen-bond donors (Lipinski definition) is 0. The SMILES string of the molecule is COCC1COCCN1C(=O)c1nsc2ccc(C)cc12. The molecule has 0 N–H and O–H groups in total. The Morgan fingerprint density at radius 2 is 2.43 bits per heavy atom. The predicted molar refractivity (Wildman–Crippen MR) is 81.9 cm³/mol. The number of carbonyl (C=O) groups excluding carboxylic acids is 1. The Morgan fingerprint density at radius 3 is 3.24 bits per heavy atom. The van der Waals surface area contributed by atoms with E-state index < -0.39 is 0 Å². The molecule has 0 saturated carbocycles. The maximum Gasteiger partial charge on any atom is 0.274 e. The van der Waals surface area contributed by atoms with Gasteiger partial charge < -0.3 is 14.4 Å². The van der Waals surface area contributed by atoms with Crippen LogP contribution in [0.3, 0.4) is 0 Å². The number of methoxy groups -OCH3 is 1. The van der Waals surface area contributed by atoms with Gasteiger partial charge in [-0.3, -0.25) is 4.79 Å². The molecule has 1 unspecified atom stereocenters. The van der Waals surface area contributed by atoms with Crippen molar-refractivity contribution in [2.24, 2.45) is 0 Å². The molecular weight excluding hydrogens is 288 g/mol. The summed E-state index contributed by atoms with van der Waals surface area (Å²) in [6.07, 6.45) is 0. The highest BCUT2D eigenvalue weighted by Crippen LogP contribution is 2.26. The van der Waals surface area contributed by atoms with Gasteiger partial charge in [0.15, 0.2) is 0 Å². The third-order valence-corrected chi connectivity index (χ3v) is 4.50. The highest BCUT2D eigenvalue weighted by molar-refractivity contribution is 7.13. The first-order chi connectivity index (χ1) is 10.2. The molecule has 2 aromatic rings. The second-order valence-corrected chi connectivity index (χ2v) is 6.02. The first kappa shape index (κ1) is 14.4. The van der Waals surface area contributed by atoms with Gasteiger partial charge in [0.25, 0.3) is 5.91 Å². The molecule has 1 aromatic heterocycles. The minimum atomic E-state index is -0.0437. The number of carbonyl (C=O) groups is 1. The number of fused-ring (bicyclic) bond motifs is 1. The first-order valence-corrected chi connectivity index (χ1v) is 7.71. The Labute approximate surface area is 127 Å². The first-order valence-electron chi connectivity index (χ1n) is 6.94. The average molecular weight is 306 g/mol. The molecule has 21 heavy (non-hydrogen) atoms. The molecule has 0 aliphatic carbocycles. The van der Waals surface area contributed by atoms with Gasteiger partial charge in [-0.05, 0) is 30.6 Å². The topological polar surface area (TPSA) is 51.7 Å². The zero-order chi connectivity index (χ0) is 14.8. The van der Waals surface area contributed by atoms with Crippen molar-refractivity contribution in [2.75, 3.05) is 33.5 Å². The highest BCUT2D eigenvalue weighted by atomic mass is 32.1. The fraction of sp³-hybridized carbons (Fsp3) is 0.467.